The fourth-order valence-electron chi connectivity index (χ4n) is 4.71. The maximum absolute atomic E-state index is 14.6. The zero-order chi connectivity index (χ0) is 26.6. The van der Waals surface area contributed by atoms with Gasteiger partial charge >= 0.3 is 0 Å². The number of hydrogen-bond acceptors (Lipinski definition) is 6. The molecule has 1 aromatic heterocycles. The van der Waals surface area contributed by atoms with Crippen LogP contribution in [-0.2, 0) is 11.3 Å². The summed E-state index contributed by atoms with van der Waals surface area (Å²) in [4.78, 5) is 14.3. The molecule has 0 atom stereocenters. The van der Waals surface area contributed by atoms with E-state index in [9.17, 15) is 19.4 Å². The van der Waals surface area contributed by atoms with Gasteiger partial charge in [-0.1, -0.05) is 47.6 Å². The number of quaternary nitrogens is 1. The molecule has 1 fully saturated rings. The standard InChI is InChI=1S/C29H28FN3O5.ClH/c1-2-31-29(36)27-26(19-9-7-18(8-10-19)17-33-11-13-37-14-12-33)28(38-32-27)22-15-21(24(34)16-25(22)35)20-5-3-4-6-23(20)30;/h3-10,15-16,34-35H,2,11-14,17H2,1H3,(H,31,36);1H. The average molecular weight is 554 g/mol. The summed E-state index contributed by atoms with van der Waals surface area (Å²) in [6.07, 6.45) is 0. The smallest absolute Gasteiger partial charge is 0.274 e. The Bertz CT molecular complexity index is 1450. The van der Waals surface area contributed by atoms with E-state index in [1.54, 1.807) is 19.1 Å². The normalized spacial score (nSPS) is 13.6. The van der Waals surface area contributed by atoms with E-state index in [1.807, 2.05) is 24.3 Å². The molecule has 3 aromatic carbocycles. The number of benzene rings is 3. The number of carbonyl (C=O) groups excluding carboxylic acids is 1. The fourth-order valence-corrected chi connectivity index (χ4v) is 4.71. The molecule has 204 valence electrons. The van der Waals surface area contributed by atoms with Crippen molar-refractivity contribution < 1.29 is 46.0 Å². The Balaban J connectivity index is 0.00000353. The zero-order valence-corrected chi connectivity index (χ0v) is 22.1. The van der Waals surface area contributed by atoms with Gasteiger partial charge in [0.2, 0.25) is 0 Å². The van der Waals surface area contributed by atoms with Crippen LogP contribution in [0, 0.1) is 5.82 Å². The van der Waals surface area contributed by atoms with Gasteiger partial charge in [-0.15, -0.1) is 0 Å². The molecule has 5 rings (SSSR count). The summed E-state index contributed by atoms with van der Waals surface area (Å²) in [6, 6.07) is 16.4. The van der Waals surface area contributed by atoms with Crippen molar-refractivity contribution >= 4 is 5.91 Å². The molecule has 0 bridgehead atoms. The number of aromatic hydroxyl groups is 2. The van der Waals surface area contributed by atoms with Gasteiger partial charge in [0, 0.05) is 29.3 Å². The average Bonchev–Trinajstić information content (AvgIpc) is 3.36. The third kappa shape index (κ3) is 5.90. The van der Waals surface area contributed by atoms with Crippen LogP contribution in [0.3, 0.4) is 0 Å². The lowest BCUT2D eigenvalue weighted by molar-refractivity contribution is -0.921. The first-order valence-corrected chi connectivity index (χ1v) is 12.6. The molecule has 0 radical (unpaired) electrons. The van der Waals surface area contributed by atoms with Crippen LogP contribution in [-0.4, -0.2) is 54.1 Å². The topological polar surface area (TPSA) is 109 Å². The Morgan fingerprint density at radius 2 is 1.69 bits per heavy atom. The largest absolute Gasteiger partial charge is 1.00 e. The minimum Gasteiger partial charge on any atom is -1.00 e. The SMILES string of the molecule is CCNC(=O)c1noc(-c2cc(-c3ccccc3F)c(O)cc2O)c1-c1ccc(C[NH+]2CCOCC2)cc1.[Cl-]. The first-order valence-electron chi connectivity index (χ1n) is 12.6. The van der Waals surface area contributed by atoms with Crippen LogP contribution in [0.1, 0.15) is 23.0 Å². The summed E-state index contributed by atoms with van der Waals surface area (Å²) < 4.78 is 25.6. The van der Waals surface area contributed by atoms with E-state index in [0.29, 0.717) is 17.7 Å². The van der Waals surface area contributed by atoms with Gasteiger partial charge in [0.25, 0.3) is 5.91 Å². The Labute approximate surface area is 231 Å². The number of carbonyl (C=O) groups is 1. The fraction of sp³-hybridized carbons (Fsp3) is 0.241. The third-order valence-electron chi connectivity index (χ3n) is 6.66. The van der Waals surface area contributed by atoms with Gasteiger partial charge in [0.15, 0.2) is 11.5 Å². The number of ether oxygens (including phenoxy) is 1. The van der Waals surface area contributed by atoms with Crippen LogP contribution in [0.4, 0.5) is 4.39 Å². The zero-order valence-electron chi connectivity index (χ0n) is 21.3. The van der Waals surface area contributed by atoms with Crippen LogP contribution in [0.2, 0.25) is 0 Å². The predicted octanol–water partition coefficient (Wildman–Crippen LogP) is 0.395. The Hall–Kier alpha value is -3.92. The monoisotopic (exact) mass is 553 g/mol. The van der Waals surface area contributed by atoms with E-state index in [-0.39, 0.29) is 52.1 Å². The lowest BCUT2D eigenvalue weighted by Crippen LogP contribution is -3.12. The van der Waals surface area contributed by atoms with Crippen LogP contribution >= 0.6 is 0 Å². The molecule has 0 aliphatic carbocycles. The molecule has 1 aliphatic heterocycles. The second-order valence-electron chi connectivity index (χ2n) is 9.20. The molecule has 0 spiro atoms. The molecule has 1 aliphatic rings. The number of amides is 1. The molecular formula is C29H29ClFN3O5. The number of halogens is 2. The van der Waals surface area contributed by atoms with E-state index >= 15 is 0 Å². The van der Waals surface area contributed by atoms with E-state index in [0.717, 1.165) is 44.5 Å². The molecule has 2 heterocycles. The lowest BCUT2D eigenvalue weighted by Gasteiger charge is -2.23. The maximum Gasteiger partial charge on any atom is 0.274 e. The first kappa shape index (κ1) is 28.1. The van der Waals surface area contributed by atoms with E-state index in [4.69, 9.17) is 9.26 Å². The van der Waals surface area contributed by atoms with Gasteiger partial charge in [-0.3, -0.25) is 4.79 Å². The molecule has 4 aromatic rings. The van der Waals surface area contributed by atoms with Crippen molar-refractivity contribution in [3.05, 3.63) is 77.7 Å². The van der Waals surface area contributed by atoms with Crippen molar-refractivity contribution in [2.45, 2.75) is 13.5 Å². The van der Waals surface area contributed by atoms with Crippen molar-refractivity contribution in [2.24, 2.45) is 0 Å². The molecule has 0 saturated carbocycles. The first-order chi connectivity index (χ1) is 18.5. The summed E-state index contributed by atoms with van der Waals surface area (Å²) in [5.74, 6) is -1.41. The lowest BCUT2D eigenvalue weighted by atomic mass is 9.94. The molecule has 1 amide bonds. The van der Waals surface area contributed by atoms with Crippen molar-refractivity contribution in [3.8, 4) is 45.1 Å². The number of phenols is 2. The highest BCUT2D eigenvalue weighted by Gasteiger charge is 2.27. The number of nitrogens with one attached hydrogen (secondary N) is 2. The van der Waals surface area contributed by atoms with Crippen LogP contribution in [0.15, 0.2) is 65.2 Å². The van der Waals surface area contributed by atoms with Gasteiger partial charge in [-0.05, 0) is 24.6 Å². The highest BCUT2D eigenvalue weighted by atomic mass is 35.5. The number of phenolic OH excluding ortho intramolecular Hbond substituents is 2. The summed E-state index contributed by atoms with van der Waals surface area (Å²) in [7, 11) is 0. The van der Waals surface area contributed by atoms with E-state index < -0.39 is 11.7 Å². The minimum atomic E-state index is -0.529. The number of morpholine rings is 1. The predicted molar refractivity (Wildman–Crippen MR) is 139 cm³/mol. The minimum absolute atomic E-state index is 0. The van der Waals surface area contributed by atoms with Crippen LogP contribution in [0.25, 0.3) is 33.6 Å². The van der Waals surface area contributed by atoms with E-state index in [2.05, 4.69) is 10.5 Å². The second kappa shape index (κ2) is 12.3. The van der Waals surface area contributed by atoms with Crippen molar-refractivity contribution in [2.75, 3.05) is 32.8 Å². The van der Waals surface area contributed by atoms with Gasteiger partial charge in [0.1, 0.15) is 37.0 Å². The van der Waals surface area contributed by atoms with Crippen LogP contribution < -0.4 is 22.6 Å². The van der Waals surface area contributed by atoms with Gasteiger partial charge < -0.3 is 42.1 Å². The molecule has 0 unspecified atom stereocenters. The summed E-state index contributed by atoms with van der Waals surface area (Å²) in [5.41, 5.74) is 2.75. The van der Waals surface area contributed by atoms with Crippen LogP contribution in [0.5, 0.6) is 11.5 Å². The van der Waals surface area contributed by atoms with Gasteiger partial charge in [0.05, 0.1) is 24.3 Å². The second-order valence-corrected chi connectivity index (χ2v) is 9.20. The molecule has 4 N–H and O–H groups in total. The summed E-state index contributed by atoms with van der Waals surface area (Å²) >= 11 is 0. The molecule has 39 heavy (non-hydrogen) atoms. The van der Waals surface area contributed by atoms with Crippen molar-refractivity contribution in [1.29, 1.82) is 0 Å². The van der Waals surface area contributed by atoms with E-state index in [1.165, 1.54) is 23.1 Å². The quantitative estimate of drug-likeness (QED) is 0.264. The van der Waals surface area contributed by atoms with Gasteiger partial charge in [-0.2, -0.15) is 0 Å². The Kier molecular flexibility index (Phi) is 8.86. The molecular weight excluding hydrogens is 525 g/mol. The number of rotatable bonds is 7. The summed E-state index contributed by atoms with van der Waals surface area (Å²) in [6.45, 7) is 6.44. The molecule has 1 saturated heterocycles. The highest BCUT2D eigenvalue weighted by Crippen LogP contribution is 2.44. The number of hydrogen-bond donors (Lipinski definition) is 4. The van der Waals surface area contributed by atoms with Crippen molar-refractivity contribution in [3.63, 3.8) is 0 Å². The molecule has 8 nitrogen and oxygen atoms in total. The van der Waals surface area contributed by atoms with Gasteiger partial charge in [-0.25, -0.2) is 4.39 Å². The maximum atomic E-state index is 14.6. The molecule has 10 heteroatoms. The Morgan fingerprint density at radius 3 is 2.38 bits per heavy atom. The highest BCUT2D eigenvalue weighted by molar-refractivity contribution is 6.03. The van der Waals surface area contributed by atoms with Crippen molar-refractivity contribution in [1.82, 2.24) is 10.5 Å². The third-order valence-corrected chi connectivity index (χ3v) is 6.66. The Morgan fingerprint density at radius 1 is 1.00 bits per heavy atom. The summed E-state index contributed by atoms with van der Waals surface area (Å²) in [5, 5.41) is 28.1. The number of nitrogens with zero attached hydrogens (tertiary/aromatic N) is 1. The number of aromatic nitrogens is 1.